The molecule has 1 fully saturated rings. The molecule has 0 bridgehead atoms. The van der Waals surface area contributed by atoms with Crippen LogP contribution in [0.25, 0.3) is 11.3 Å². The van der Waals surface area contributed by atoms with E-state index < -0.39 is 11.7 Å². The Bertz CT molecular complexity index is 893. The van der Waals surface area contributed by atoms with Crippen LogP contribution in [0.2, 0.25) is 0 Å². The highest BCUT2D eigenvalue weighted by Crippen LogP contribution is 2.21. The van der Waals surface area contributed by atoms with Crippen LogP contribution >= 0.6 is 0 Å². The summed E-state index contributed by atoms with van der Waals surface area (Å²) in [5.41, 5.74) is 1.16. The first kappa shape index (κ1) is 21.7. The molecule has 0 spiro atoms. The van der Waals surface area contributed by atoms with Crippen molar-refractivity contribution in [2.24, 2.45) is 0 Å². The number of nitrogens with zero attached hydrogens (tertiary/aromatic N) is 1. The molecule has 2 amide bonds. The fraction of sp³-hybridized carbons (Fsp3) is 0.435. The maximum absolute atomic E-state index is 13.4. The molecule has 2 N–H and O–H groups in total. The molecule has 0 aliphatic heterocycles. The molecule has 2 atom stereocenters. The van der Waals surface area contributed by atoms with Gasteiger partial charge in [-0.15, -0.1) is 0 Å². The molecule has 1 aromatic carbocycles. The molecule has 3 rings (SSSR count). The van der Waals surface area contributed by atoms with E-state index >= 15 is 0 Å². The minimum Gasteiger partial charge on any atom is -0.444 e. The van der Waals surface area contributed by atoms with Crippen molar-refractivity contribution in [2.75, 3.05) is 0 Å². The highest BCUT2D eigenvalue weighted by Gasteiger charge is 2.26. The Labute approximate surface area is 176 Å². The number of rotatable bonds is 4. The first-order valence-corrected chi connectivity index (χ1v) is 10.2. The van der Waals surface area contributed by atoms with Crippen LogP contribution in [-0.4, -0.2) is 34.7 Å². The van der Waals surface area contributed by atoms with Gasteiger partial charge in [0.1, 0.15) is 11.4 Å². The van der Waals surface area contributed by atoms with Crippen LogP contribution in [0.1, 0.15) is 56.8 Å². The van der Waals surface area contributed by atoms with Gasteiger partial charge in [-0.25, -0.2) is 9.18 Å². The minimum atomic E-state index is -0.545. The topological polar surface area (TPSA) is 80.3 Å². The Morgan fingerprint density at radius 1 is 1.10 bits per heavy atom. The SMILES string of the molecule is CC(C)(C)OC(=O)N[C@@H]1CCCC(NC(=O)c2ccc(-c3cccc(F)c3)nc2)C1. The maximum Gasteiger partial charge on any atom is 0.407 e. The van der Waals surface area contributed by atoms with Crippen molar-refractivity contribution in [3.05, 3.63) is 54.0 Å². The van der Waals surface area contributed by atoms with Gasteiger partial charge in [0.05, 0.1) is 11.3 Å². The second-order valence-corrected chi connectivity index (χ2v) is 8.62. The molecular formula is C23H28FN3O3. The summed E-state index contributed by atoms with van der Waals surface area (Å²) in [6.07, 6.45) is 4.33. The molecule has 30 heavy (non-hydrogen) atoms. The summed E-state index contributed by atoms with van der Waals surface area (Å²) in [6, 6.07) is 9.49. The van der Waals surface area contributed by atoms with E-state index in [2.05, 4.69) is 15.6 Å². The molecule has 7 heteroatoms. The second kappa shape index (κ2) is 9.24. The zero-order valence-corrected chi connectivity index (χ0v) is 17.6. The van der Waals surface area contributed by atoms with Gasteiger partial charge in [-0.3, -0.25) is 9.78 Å². The normalized spacial score (nSPS) is 19.1. The van der Waals surface area contributed by atoms with Crippen molar-refractivity contribution in [2.45, 2.75) is 64.1 Å². The maximum atomic E-state index is 13.4. The Hall–Kier alpha value is -2.96. The molecule has 6 nitrogen and oxygen atoms in total. The predicted molar refractivity (Wildman–Crippen MR) is 113 cm³/mol. The molecule has 1 unspecified atom stereocenters. The lowest BCUT2D eigenvalue weighted by Crippen LogP contribution is -2.46. The van der Waals surface area contributed by atoms with E-state index in [9.17, 15) is 14.0 Å². The van der Waals surface area contributed by atoms with Crippen LogP contribution in [-0.2, 0) is 4.74 Å². The molecule has 1 saturated carbocycles. The first-order valence-electron chi connectivity index (χ1n) is 10.2. The van der Waals surface area contributed by atoms with Gasteiger partial charge in [-0.05, 0) is 70.7 Å². The molecule has 0 radical (unpaired) electrons. The van der Waals surface area contributed by atoms with Crippen molar-refractivity contribution < 1.29 is 18.7 Å². The van der Waals surface area contributed by atoms with Crippen LogP contribution < -0.4 is 10.6 Å². The van der Waals surface area contributed by atoms with Crippen molar-refractivity contribution in [3.63, 3.8) is 0 Å². The van der Waals surface area contributed by atoms with Crippen LogP contribution in [0.5, 0.6) is 0 Å². The van der Waals surface area contributed by atoms with E-state index in [4.69, 9.17) is 4.74 Å². The molecule has 160 valence electrons. The summed E-state index contributed by atoms with van der Waals surface area (Å²) in [4.78, 5) is 28.9. The van der Waals surface area contributed by atoms with Gasteiger partial charge in [0, 0.05) is 23.8 Å². The van der Waals surface area contributed by atoms with Crippen LogP contribution in [0.3, 0.4) is 0 Å². The first-order chi connectivity index (χ1) is 14.2. The number of benzene rings is 1. The quantitative estimate of drug-likeness (QED) is 0.776. The van der Waals surface area contributed by atoms with Gasteiger partial charge < -0.3 is 15.4 Å². The third-order valence-electron chi connectivity index (χ3n) is 4.88. The summed E-state index contributed by atoms with van der Waals surface area (Å²) in [5.74, 6) is -0.542. The van der Waals surface area contributed by atoms with Gasteiger partial charge >= 0.3 is 6.09 Å². The molecule has 1 aromatic heterocycles. The van der Waals surface area contributed by atoms with Crippen molar-refractivity contribution in [3.8, 4) is 11.3 Å². The molecule has 1 aliphatic rings. The van der Waals surface area contributed by atoms with E-state index in [-0.39, 0.29) is 23.8 Å². The van der Waals surface area contributed by atoms with Crippen LogP contribution in [0.15, 0.2) is 42.6 Å². The number of pyridine rings is 1. The standard InChI is InChI=1S/C23H28FN3O3/c1-23(2,3)30-22(29)27-19-9-5-8-18(13-19)26-21(28)16-10-11-20(25-14-16)15-6-4-7-17(24)12-15/h4,6-7,10-12,14,18-19H,5,8-9,13H2,1-3H3,(H,26,28)(H,27,29)/t18?,19-/m1/s1. The highest BCUT2D eigenvalue weighted by molar-refractivity contribution is 5.94. The Morgan fingerprint density at radius 3 is 2.47 bits per heavy atom. The highest BCUT2D eigenvalue weighted by atomic mass is 19.1. The van der Waals surface area contributed by atoms with Crippen molar-refractivity contribution >= 4 is 12.0 Å². The Balaban J connectivity index is 1.55. The van der Waals surface area contributed by atoms with Crippen LogP contribution in [0, 0.1) is 5.82 Å². The number of hydrogen-bond donors (Lipinski definition) is 2. The number of amides is 2. The van der Waals surface area contributed by atoms with Gasteiger partial charge in [0.2, 0.25) is 0 Å². The number of alkyl carbamates (subject to hydrolysis) is 1. The fourth-order valence-electron chi connectivity index (χ4n) is 3.54. The number of carbonyl (C=O) groups is 2. The Morgan fingerprint density at radius 2 is 1.83 bits per heavy atom. The number of aromatic nitrogens is 1. The van der Waals surface area contributed by atoms with E-state index in [1.54, 1.807) is 24.3 Å². The van der Waals surface area contributed by atoms with E-state index in [0.717, 1.165) is 19.3 Å². The summed E-state index contributed by atoms with van der Waals surface area (Å²) in [7, 11) is 0. The van der Waals surface area contributed by atoms with Crippen molar-refractivity contribution in [1.29, 1.82) is 0 Å². The number of nitrogens with one attached hydrogen (secondary N) is 2. The minimum absolute atomic E-state index is 0.0333. The third-order valence-corrected chi connectivity index (χ3v) is 4.88. The monoisotopic (exact) mass is 413 g/mol. The van der Waals surface area contributed by atoms with E-state index in [1.807, 2.05) is 20.8 Å². The Kier molecular flexibility index (Phi) is 6.70. The lowest BCUT2D eigenvalue weighted by molar-refractivity contribution is 0.0489. The largest absolute Gasteiger partial charge is 0.444 e. The van der Waals surface area contributed by atoms with Crippen molar-refractivity contribution in [1.82, 2.24) is 15.6 Å². The fourth-order valence-corrected chi connectivity index (χ4v) is 3.54. The summed E-state index contributed by atoms with van der Waals surface area (Å²) in [5, 5.41) is 5.92. The number of carbonyl (C=O) groups excluding carboxylic acids is 2. The number of ether oxygens (including phenoxy) is 1. The average molecular weight is 413 g/mol. The van der Waals surface area contributed by atoms with Crippen LogP contribution in [0.4, 0.5) is 9.18 Å². The predicted octanol–water partition coefficient (Wildman–Crippen LogP) is 4.45. The number of halogens is 1. The lowest BCUT2D eigenvalue weighted by atomic mass is 9.91. The van der Waals surface area contributed by atoms with E-state index in [0.29, 0.717) is 23.2 Å². The second-order valence-electron chi connectivity index (χ2n) is 8.62. The van der Waals surface area contributed by atoms with Gasteiger partial charge in [0.25, 0.3) is 5.91 Å². The smallest absolute Gasteiger partial charge is 0.407 e. The zero-order chi connectivity index (χ0) is 21.7. The lowest BCUT2D eigenvalue weighted by Gasteiger charge is -2.31. The van der Waals surface area contributed by atoms with Gasteiger partial charge in [-0.2, -0.15) is 0 Å². The number of hydrogen-bond acceptors (Lipinski definition) is 4. The molecule has 0 saturated heterocycles. The summed E-state index contributed by atoms with van der Waals surface area (Å²) >= 11 is 0. The average Bonchev–Trinajstić information content (AvgIpc) is 2.67. The summed E-state index contributed by atoms with van der Waals surface area (Å²) in [6.45, 7) is 5.47. The van der Waals surface area contributed by atoms with E-state index in [1.165, 1.54) is 18.3 Å². The zero-order valence-electron chi connectivity index (χ0n) is 17.6. The summed E-state index contributed by atoms with van der Waals surface area (Å²) < 4.78 is 18.7. The molecular weight excluding hydrogens is 385 g/mol. The molecule has 1 heterocycles. The third kappa shape index (κ3) is 6.27. The van der Waals surface area contributed by atoms with Gasteiger partial charge in [0.15, 0.2) is 0 Å². The molecule has 1 aliphatic carbocycles. The molecule has 2 aromatic rings. The van der Waals surface area contributed by atoms with Gasteiger partial charge in [-0.1, -0.05) is 12.1 Å².